The van der Waals surface area contributed by atoms with Crippen molar-refractivity contribution in [2.75, 3.05) is 107 Å². The van der Waals surface area contributed by atoms with E-state index in [1.807, 2.05) is 0 Å². The number of halogens is 2. The van der Waals surface area contributed by atoms with Gasteiger partial charge in [0, 0.05) is 39.0 Å². The van der Waals surface area contributed by atoms with Gasteiger partial charge in [-0.1, -0.05) is 86.5 Å². The lowest BCUT2D eigenvalue weighted by Crippen LogP contribution is -3.00. The highest BCUT2D eigenvalue weighted by molar-refractivity contribution is 5.69. The highest BCUT2D eigenvalue weighted by Gasteiger charge is 2.17. The van der Waals surface area contributed by atoms with E-state index in [2.05, 4.69) is 79.5 Å². The molecule has 0 N–H and O–H groups in total. The second-order valence-corrected chi connectivity index (χ2v) is 15.7. The SMILES string of the molecule is CCCCC(CC)COC(=O)CCN(CCCC)CCC[N+](C)(C)CCCC.CCCCN(CCC[N+](C)(C)CCCC)CCC(=O)OC.[Cl-].[Cl-]. The van der Waals surface area contributed by atoms with Crippen LogP contribution in [0.3, 0.4) is 0 Å². The summed E-state index contributed by atoms with van der Waals surface area (Å²) in [6.07, 6.45) is 18.1. The normalized spacial score (nSPS) is 12.1. The Hall–Kier alpha value is -0.640. The monoisotopic (exact) mass is 771 g/mol. The fourth-order valence-corrected chi connectivity index (χ4v) is 6.06. The predicted molar refractivity (Wildman–Crippen MR) is 211 cm³/mol. The number of nitrogens with zero attached hydrogens (tertiary/aromatic N) is 4. The van der Waals surface area contributed by atoms with E-state index in [-0.39, 0.29) is 36.8 Å². The molecule has 0 aliphatic rings. The molecule has 0 aromatic carbocycles. The van der Waals surface area contributed by atoms with Crippen LogP contribution < -0.4 is 24.8 Å². The fraction of sp³-hybridized carbons (Fsp3) is 0.951. The first-order chi connectivity index (χ1) is 23.3. The molecule has 0 aromatic rings. The Balaban J connectivity index is -0.000000433. The molecule has 10 heteroatoms. The zero-order valence-corrected chi connectivity index (χ0v) is 37.4. The zero-order chi connectivity index (χ0) is 37.4. The van der Waals surface area contributed by atoms with Crippen molar-refractivity contribution in [2.45, 2.75) is 144 Å². The molecule has 8 nitrogen and oxygen atoms in total. The lowest BCUT2D eigenvalue weighted by Gasteiger charge is -2.31. The van der Waals surface area contributed by atoms with Crippen LogP contribution in [0, 0.1) is 5.92 Å². The van der Waals surface area contributed by atoms with Gasteiger partial charge in [-0.15, -0.1) is 0 Å². The molecule has 1 unspecified atom stereocenters. The van der Waals surface area contributed by atoms with E-state index >= 15 is 0 Å². The van der Waals surface area contributed by atoms with Crippen LogP contribution in [0.25, 0.3) is 0 Å². The first kappa shape index (κ1) is 57.1. The van der Waals surface area contributed by atoms with Crippen LogP contribution in [0.2, 0.25) is 0 Å². The van der Waals surface area contributed by atoms with Crippen molar-refractivity contribution < 1.29 is 52.8 Å². The molecule has 0 rings (SSSR count). The topological polar surface area (TPSA) is 59.1 Å². The van der Waals surface area contributed by atoms with Crippen molar-refractivity contribution in [3.8, 4) is 0 Å². The predicted octanol–water partition coefficient (Wildman–Crippen LogP) is 2.43. The standard InChI is InChI=1S/C24H51N2O2.C17H37N2O2.2ClH/c1-7-11-15-23(10-4)22-28-24(27)16-19-25(17-12-8-2)18-14-21-26(5,6)20-13-9-3;1-6-8-12-18(14-11-17(20)21-5)13-10-16-19(3,4)15-9-7-2;;/h23H,7-22H2,1-6H3;6-16H2,1-5H3;2*1H/q2*+1;;/p-2. The van der Waals surface area contributed by atoms with Crippen molar-refractivity contribution in [1.82, 2.24) is 9.80 Å². The van der Waals surface area contributed by atoms with Gasteiger partial charge in [-0.05, 0) is 51.1 Å². The van der Waals surface area contributed by atoms with Gasteiger partial charge in [-0.2, -0.15) is 0 Å². The van der Waals surface area contributed by atoms with E-state index in [9.17, 15) is 9.59 Å². The fourth-order valence-electron chi connectivity index (χ4n) is 6.06. The van der Waals surface area contributed by atoms with Crippen LogP contribution in [0.5, 0.6) is 0 Å². The minimum Gasteiger partial charge on any atom is -1.00 e. The second kappa shape index (κ2) is 37.7. The molecule has 0 spiro atoms. The number of rotatable bonds is 32. The lowest BCUT2D eigenvalue weighted by molar-refractivity contribution is -0.890. The molecular weight excluding hydrogens is 683 g/mol. The molecule has 0 aliphatic heterocycles. The smallest absolute Gasteiger partial charge is 0.307 e. The Labute approximate surface area is 331 Å². The summed E-state index contributed by atoms with van der Waals surface area (Å²) in [6, 6.07) is 0. The maximum atomic E-state index is 12.2. The Kier molecular flexibility index (Phi) is 42.2. The largest absolute Gasteiger partial charge is 1.00 e. The highest BCUT2D eigenvalue weighted by Crippen LogP contribution is 2.13. The summed E-state index contributed by atoms with van der Waals surface area (Å²) in [7, 11) is 10.8. The molecule has 0 amide bonds. The second-order valence-electron chi connectivity index (χ2n) is 15.7. The first-order valence-corrected chi connectivity index (χ1v) is 20.6. The van der Waals surface area contributed by atoms with E-state index < -0.39 is 0 Å². The quantitative estimate of drug-likeness (QED) is 0.0775. The Bertz CT molecular complexity index is 774. The minimum atomic E-state index is -0.101. The summed E-state index contributed by atoms with van der Waals surface area (Å²) in [5.74, 6) is 0.411. The van der Waals surface area contributed by atoms with Gasteiger partial charge in [0.15, 0.2) is 0 Å². The molecule has 310 valence electrons. The van der Waals surface area contributed by atoms with Crippen LogP contribution in [0.1, 0.15) is 144 Å². The molecule has 0 bridgehead atoms. The molecule has 0 radical (unpaired) electrons. The van der Waals surface area contributed by atoms with Crippen molar-refractivity contribution in [3.05, 3.63) is 0 Å². The van der Waals surface area contributed by atoms with E-state index in [1.54, 1.807) is 0 Å². The number of esters is 2. The third kappa shape index (κ3) is 37.5. The number of unbranched alkanes of at least 4 members (excludes halogenated alkanes) is 5. The summed E-state index contributed by atoms with van der Waals surface area (Å²) < 4.78 is 12.5. The molecule has 1 atom stereocenters. The third-order valence-electron chi connectivity index (χ3n) is 9.88. The summed E-state index contributed by atoms with van der Waals surface area (Å²) >= 11 is 0. The molecule has 0 aromatic heterocycles. The van der Waals surface area contributed by atoms with Gasteiger partial charge in [0.05, 0.1) is 80.9 Å². The molecule has 0 saturated heterocycles. The van der Waals surface area contributed by atoms with Crippen LogP contribution in [-0.4, -0.2) is 138 Å². The van der Waals surface area contributed by atoms with E-state index in [0.717, 1.165) is 54.7 Å². The summed E-state index contributed by atoms with van der Waals surface area (Å²) in [6.45, 7) is 24.9. The van der Waals surface area contributed by atoms with Crippen LogP contribution >= 0.6 is 0 Å². The number of quaternary nitrogens is 2. The van der Waals surface area contributed by atoms with Gasteiger partial charge in [0.25, 0.3) is 0 Å². The Morgan fingerprint density at radius 3 is 1.27 bits per heavy atom. The maximum absolute atomic E-state index is 12.2. The Morgan fingerprint density at radius 1 is 0.529 bits per heavy atom. The van der Waals surface area contributed by atoms with E-state index in [0.29, 0.717) is 25.4 Å². The lowest BCUT2D eigenvalue weighted by atomic mass is 10.0. The van der Waals surface area contributed by atoms with Crippen molar-refractivity contribution in [3.63, 3.8) is 0 Å². The van der Waals surface area contributed by atoms with Crippen molar-refractivity contribution >= 4 is 11.9 Å². The average molecular weight is 772 g/mol. The zero-order valence-electron chi connectivity index (χ0n) is 35.8. The summed E-state index contributed by atoms with van der Waals surface area (Å²) in [5.41, 5.74) is 0. The molecule has 0 aliphatic carbocycles. The summed E-state index contributed by atoms with van der Waals surface area (Å²) in [4.78, 5) is 28.4. The van der Waals surface area contributed by atoms with Gasteiger partial charge in [-0.3, -0.25) is 9.59 Å². The van der Waals surface area contributed by atoms with Crippen molar-refractivity contribution in [2.24, 2.45) is 5.92 Å². The average Bonchev–Trinajstić information content (AvgIpc) is 3.08. The van der Waals surface area contributed by atoms with Crippen LogP contribution in [-0.2, 0) is 19.1 Å². The minimum absolute atomic E-state index is 0. The highest BCUT2D eigenvalue weighted by atomic mass is 35.5. The van der Waals surface area contributed by atoms with E-state index in [4.69, 9.17) is 9.47 Å². The van der Waals surface area contributed by atoms with Gasteiger partial charge in [0.1, 0.15) is 0 Å². The number of carbonyl (C=O) groups is 2. The third-order valence-corrected chi connectivity index (χ3v) is 9.88. The summed E-state index contributed by atoms with van der Waals surface area (Å²) in [5, 5.41) is 0. The maximum Gasteiger partial charge on any atom is 0.307 e. The number of carbonyl (C=O) groups excluding carboxylic acids is 2. The number of hydrogen-bond acceptors (Lipinski definition) is 6. The van der Waals surface area contributed by atoms with Gasteiger partial charge in [0.2, 0.25) is 0 Å². The molecule has 0 heterocycles. The first-order valence-electron chi connectivity index (χ1n) is 20.6. The number of methoxy groups -OCH3 is 1. The molecule has 0 fully saturated rings. The van der Waals surface area contributed by atoms with Gasteiger partial charge >= 0.3 is 11.9 Å². The van der Waals surface area contributed by atoms with Gasteiger partial charge < -0.3 is 53.1 Å². The van der Waals surface area contributed by atoms with Crippen LogP contribution in [0.15, 0.2) is 0 Å². The Morgan fingerprint density at radius 2 is 0.902 bits per heavy atom. The van der Waals surface area contributed by atoms with E-state index in [1.165, 1.54) is 117 Å². The molecular formula is C41H88Cl2N4O4. The van der Waals surface area contributed by atoms with Crippen LogP contribution in [0.4, 0.5) is 0 Å². The molecule has 51 heavy (non-hydrogen) atoms. The van der Waals surface area contributed by atoms with Gasteiger partial charge in [-0.25, -0.2) is 0 Å². The van der Waals surface area contributed by atoms with Crippen molar-refractivity contribution in [1.29, 1.82) is 0 Å². The number of hydrogen-bond donors (Lipinski definition) is 0. The number of ether oxygens (including phenoxy) is 2. The molecule has 0 saturated carbocycles.